The summed E-state index contributed by atoms with van der Waals surface area (Å²) in [4.78, 5) is 14.9. The van der Waals surface area contributed by atoms with Crippen molar-refractivity contribution in [1.29, 1.82) is 0 Å². The van der Waals surface area contributed by atoms with Crippen LogP contribution in [0.5, 0.6) is 5.75 Å². The van der Waals surface area contributed by atoms with Crippen LogP contribution in [0.2, 0.25) is 0 Å². The van der Waals surface area contributed by atoms with Gasteiger partial charge in [-0.15, -0.1) is 0 Å². The van der Waals surface area contributed by atoms with Crippen LogP contribution in [0, 0.1) is 13.8 Å². The smallest absolute Gasteiger partial charge is 0.328 e. The number of aryl methyl sites for hydroxylation is 3. The molecular weight excluding hydrogens is 270 g/mol. The first kappa shape index (κ1) is 14.8. The van der Waals surface area contributed by atoms with Crippen molar-refractivity contribution in [1.82, 2.24) is 14.8 Å². The summed E-state index contributed by atoms with van der Waals surface area (Å²) in [5.74, 6) is -0.483. The molecule has 2 rings (SSSR count). The number of carboxylic acids is 1. The van der Waals surface area contributed by atoms with Crippen molar-refractivity contribution in [3.8, 4) is 5.75 Å². The third-order valence-corrected chi connectivity index (χ3v) is 2.88. The Bertz CT molecular complexity index is 689. The van der Waals surface area contributed by atoms with E-state index in [1.807, 2.05) is 33.0 Å². The minimum Gasteiger partial charge on any atom is -0.485 e. The molecule has 0 fully saturated rings. The molecule has 0 aliphatic rings. The van der Waals surface area contributed by atoms with E-state index in [0.717, 1.165) is 23.2 Å². The van der Waals surface area contributed by atoms with Crippen molar-refractivity contribution >= 4 is 12.0 Å². The summed E-state index contributed by atoms with van der Waals surface area (Å²) in [7, 11) is 1.85. The van der Waals surface area contributed by atoms with Gasteiger partial charge in [-0.25, -0.2) is 9.78 Å². The Balaban J connectivity index is 2.19. The highest BCUT2D eigenvalue weighted by molar-refractivity contribution is 5.85. The summed E-state index contributed by atoms with van der Waals surface area (Å²) in [6.07, 6.45) is 2.47. The molecule has 110 valence electrons. The highest BCUT2D eigenvalue weighted by Crippen LogP contribution is 2.20. The Labute approximate surface area is 122 Å². The molecule has 0 amide bonds. The van der Waals surface area contributed by atoms with E-state index in [-0.39, 0.29) is 0 Å². The van der Waals surface area contributed by atoms with Crippen LogP contribution in [0.15, 0.2) is 24.3 Å². The van der Waals surface area contributed by atoms with Crippen molar-refractivity contribution in [2.24, 2.45) is 7.05 Å². The predicted molar refractivity (Wildman–Crippen MR) is 77.9 cm³/mol. The maximum absolute atomic E-state index is 10.6. The van der Waals surface area contributed by atoms with Crippen LogP contribution >= 0.6 is 0 Å². The van der Waals surface area contributed by atoms with Gasteiger partial charge in [0.05, 0.1) is 11.4 Å². The van der Waals surface area contributed by atoms with Gasteiger partial charge in [0, 0.05) is 18.8 Å². The first-order chi connectivity index (χ1) is 9.95. The second-order valence-electron chi connectivity index (χ2n) is 4.70. The third-order valence-electron chi connectivity index (χ3n) is 2.88. The lowest BCUT2D eigenvalue weighted by Crippen LogP contribution is -2.04. The van der Waals surface area contributed by atoms with Gasteiger partial charge in [-0.1, -0.05) is 0 Å². The van der Waals surface area contributed by atoms with E-state index in [1.54, 1.807) is 10.7 Å². The monoisotopic (exact) mass is 287 g/mol. The van der Waals surface area contributed by atoms with Gasteiger partial charge in [0.15, 0.2) is 0 Å². The molecule has 0 radical (unpaired) electrons. The topological polar surface area (TPSA) is 77.2 Å². The third kappa shape index (κ3) is 3.92. The lowest BCUT2D eigenvalue weighted by molar-refractivity contribution is -0.131. The molecule has 6 nitrogen and oxygen atoms in total. The van der Waals surface area contributed by atoms with Crippen LogP contribution in [-0.2, 0) is 18.4 Å². The molecule has 21 heavy (non-hydrogen) atoms. The summed E-state index contributed by atoms with van der Waals surface area (Å²) in [5, 5.41) is 13.0. The van der Waals surface area contributed by atoms with E-state index in [4.69, 9.17) is 9.84 Å². The molecule has 2 aromatic heterocycles. The summed E-state index contributed by atoms with van der Waals surface area (Å²) in [6, 6.07) is 5.55. The minimum absolute atomic E-state index is 0.343. The van der Waals surface area contributed by atoms with Crippen LogP contribution in [0.1, 0.15) is 22.8 Å². The summed E-state index contributed by atoms with van der Waals surface area (Å²) in [5.41, 5.74) is 3.14. The number of aromatic nitrogens is 3. The zero-order chi connectivity index (χ0) is 15.4. The van der Waals surface area contributed by atoms with Gasteiger partial charge in [0.1, 0.15) is 18.1 Å². The van der Waals surface area contributed by atoms with Gasteiger partial charge in [-0.05, 0) is 38.1 Å². The number of carboxylic acid groups (broad SMARTS) is 1. The van der Waals surface area contributed by atoms with Gasteiger partial charge in [-0.2, -0.15) is 5.10 Å². The van der Waals surface area contributed by atoms with Crippen LogP contribution in [0.3, 0.4) is 0 Å². The lowest BCUT2D eigenvalue weighted by Gasteiger charge is -2.09. The number of hydrogen-bond acceptors (Lipinski definition) is 4. The number of pyridine rings is 1. The Hall–Kier alpha value is -2.63. The van der Waals surface area contributed by atoms with Crippen molar-refractivity contribution in [2.75, 3.05) is 0 Å². The molecule has 0 aliphatic carbocycles. The van der Waals surface area contributed by atoms with E-state index in [0.29, 0.717) is 18.1 Å². The molecule has 0 bridgehead atoms. The summed E-state index contributed by atoms with van der Waals surface area (Å²) >= 11 is 0. The number of carbonyl (C=O) groups is 1. The number of hydrogen-bond donors (Lipinski definition) is 1. The van der Waals surface area contributed by atoms with Crippen molar-refractivity contribution in [3.63, 3.8) is 0 Å². The normalized spacial score (nSPS) is 11.0. The van der Waals surface area contributed by atoms with Crippen molar-refractivity contribution in [3.05, 3.63) is 47.1 Å². The van der Waals surface area contributed by atoms with E-state index in [2.05, 4.69) is 10.1 Å². The molecule has 2 heterocycles. The van der Waals surface area contributed by atoms with Crippen LogP contribution in [0.25, 0.3) is 6.08 Å². The molecule has 2 aromatic rings. The SMILES string of the molecule is Cc1ccc(OCc2cc(C)nn2C)c(C=CC(=O)O)n1. The highest BCUT2D eigenvalue weighted by atomic mass is 16.5. The van der Waals surface area contributed by atoms with Crippen LogP contribution in [0.4, 0.5) is 0 Å². The van der Waals surface area contributed by atoms with E-state index in [9.17, 15) is 4.79 Å². The van der Waals surface area contributed by atoms with E-state index < -0.39 is 5.97 Å². The van der Waals surface area contributed by atoms with Crippen LogP contribution < -0.4 is 4.74 Å². The van der Waals surface area contributed by atoms with E-state index in [1.165, 1.54) is 6.08 Å². The molecule has 0 saturated carbocycles. The highest BCUT2D eigenvalue weighted by Gasteiger charge is 2.07. The molecule has 0 saturated heterocycles. The average molecular weight is 287 g/mol. The second-order valence-corrected chi connectivity index (χ2v) is 4.70. The zero-order valence-electron chi connectivity index (χ0n) is 12.2. The molecule has 1 N–H and O–H groups in total. The fourth-order valence-corrected chi connectivity index (χ4v) is 1.91. The van der Waals surface area contributed by atoms with Gasteiger partial charge >= 0.3 is 5.97 Å². The number of aliphatic carboxylic acids is 1. The maximum Gasteiger partial charge on any atom is 0.328 e. The fourth-order valence-electron chi connectivity index (χ4n) is 1.91. The molecule has 0 unspecified atom stereocenters. The number of nitrogens with zero attached hydrogens (tertiary/aromatic N) is 3. The quantitative estimate of drug-likeness (QED) is 0.852. The minimum atomic E-state index is -1.02. The first-order valence-corrected chi connectivity index (χ1v) is 6.46. The largest absolute Gasteiger partial charge is 0.485 e. The van der Waals surface area contributed by atoms with Gasteiger partial charge in [0.2, 0.25) is 0 Å². The first-order valence-electron chi connectivity index (χ1n) is 6.46. The van der Waals surface area contributed by atoms with Crippen LogP contribution in [-0.4, -0.2) is 25.8 Å². The molecular formula is C15H17N3O3. The van der Waals surface area contributed by atoms with E-state index >= 15 is 0 Å². The standard InChI is InChI=1S/C15H17N3O3/c1-10-4-6-14(13(16-10)5-7-15(19)20)21-9-12-8-11(2)17-18(12)3/h4-8H,9H2,1-3H3,(H,19,20). The number of ether oxygens (including phenoxy) is 1. The zero-order valence-corrected chi connectivity index (χ0v) is 12.2. The molecule has 0 spiro atoms. The maximum atomic E-state index is 10.6. The predicted octanol–water partition coefficient (Wildman–Crippen LogP) is 2.11. The van der Waals surface area contributed by atoms with Gasteiger partial charge in [0.25, 0.3) is 0 Å². The Morgan fingerprint density at radius 3 is 2.76 bits per heavy atom. The van der Waals surface area contributed by atoms with Gasteiger partial charge in [-0.3, -0.25) is 4.68 Å². The Morgan fingerprint density at radius 2 is 2.14 bits per heavy atom. The molecule has 0 aromatic carbocycles. The van der Waals surface area contributed by atoms with Crippen molar-refractivity contribution in [2.45, 2.75) is 20.5 Å². The van der Waals surface area contributed by atoms with Gasteiger partial charge < -0.3 is 9.84 Å². The van der Waals surface area contributed by atoms with Crippen molar-refractivity contribution < 1.29 is 14.6 Å². The second kappa shape index (κ2) is 6.21. The molecule has 0 atom stereocenters. The number of rotatable bonds is 5. The molecule has 0 aliphatic heterocycles. The average Bonchev–Trinajstić information content (AvgIpc) is 2.73. The Kier molecular flexibility index (Phi) is 4.37. The fraction of sp³-hybridized carbons (Fsp3) is 0.267. The summed E-state index contributed by atoms with van der Waals surface area (Å²) in [6.45, 7) is 4.10. The lowest BCUT2D eigenvalue weighted by atomic mass is 10.2. The summed E-state index contributed by atoms with van der Waals surface area (Å²) < 4.78 is 7.49. The molecule has 6 heteroatoms. The Morgan fingerprint density at radius 1 is 1.38 bits per heavy atom.